The zero-order valence-electron chi connectivity index (χ0n) is 11.0. The standard InChI is InChI=1S/C17H20/c1-4-17-14(3)9-7-11-16(17)12-15-10-6-5-8-13(15)2/h5-11H,4,12H2,1-3H3. The van der Waals surface area contributed by atoms with Gasteiger partial charge in [-0.15, -0.1) is 0 Å². The molecular formula is C17H20. The molecule has 0 nitrogen and oxygen atoms in total. The maximum atomic E-state index is 2.26. The molecule has 0 aliphatic rings. The predicted molar refractivity (Wildman–Crippen MR) is 74.5 cm³/mol. The predicted octanol–water partition coefficient (Wildman–Crippen LogP) is 4.46. The Morgan fingerprint density at radius 1 is 0.765 bits per heavy atom. The molecule has 0 spiro atoms. The third-order valence-corrected chi connectivity index (χ3v) is 3.50. The second kappa shape index (κ2) is 5.18. The van der Waals surface area contributed by atoms with Crippen LogP contribution in [0.3, 0.4) is 0 Å². The van der Waals surface area contributed by atoms with E-state index < -0.39 is 0 Å². The van der Waals surface area contributed by atoms with Gasteiger partial charge in [-0.2, -0.15) is 0 Å². The van der Waals surface area contributed by atoms with Crippen LogP contribution in [0.2, 0.25) is 0 Å². The van der Waals surface area contributed by atoms with Crippen LogP contribution in [0.5, 0.6) is 0 Å². The fraction of sp³-hybridized carbons (Fsp3) is 0.294. The summed E-state index contributed by atoms with van der Waals surface area (Å²) in [6.07, 6.45) is 2.17. The average Bonchev–Trinajstić information content (AvgIpc) is 2.32. The van der Waals surface area contributed by atoms with Crippen LogP contribution >= 0.6 is 0 Å². The van der Waals surface area contributed by atoms with Crippen molar-refractivity contribution >= 4 is 0 Å². The van der Waals surface area contributed by atoms with Crippen molar-refractivity contribution in [1.82, 2.24) is 0 Å². The SMILES string of the molecule is CCc1c(C)cccc1Cc1ccccc1C. The smallest absolute Gasteiger partial charge is 0.00203 e. The molecule has 0 aliphatic carbocycles. The molecule has 0 amide bonds. The van der Waals surface area contributed by atoms with E-state index in [-0.39, 0.29) is 0 Å². The minimum atomic E-state index is 1.05. The Morgan fingerprint density at radius 2 is 1.41 bits per heavy atom. The maximum Gasteiger partial charge on any atom is -0.00203 e. The summed E-state index contributed by atoms with van der Waals surface area (Å²) >= 11 is 0. The molecule has 0 fully saturated rings. The Bertz CT molecular complexity index is 509. The monoisotopic (exact) mass is 224 g/mol. The quantitative estimate of drug-likeness (QED) is 0.722. The molecule has 2 aromatic carbocycles. The van der Waals surface area contributed by atoms with E-state index in [1.807, 2.05) is 0 Å². The summed E-state index contributed by atoms with van der Waals surface area (Å²) in [5, 5.41) is 0. The topological polar surface area (TPSA) is 0 Å². The lowest BCUT2D eigenvalue weighted by atomic mass is 9.93. The van der Waals surface area contributed by atoms with Crippen molar-refractivity contribution in [3.05, 3.63) is 70.3 Å². The molecule has 0 saturated carbocycles. The van der Waals surface area contributed by atoms with Crippen molar-refractivity contribution in [1.29, 1.82) is 0 Å². The number of rotatable bonds is 3. The minimum absolute atomic E-state index is 1.05. The molecule has 0 heterocycles. The highest BCUT2D eigenvalue weighted by Gasteiger charge is 2.05. The van der Waals surface area contributed by atoms with E-state index in [2.05, 4.69) is 63.2 Å². The second-order valence-corrected chi connectivity index (χ2v) is 4.67. The molecule has 0 saturated heterocycles. The van der Waals surface area contributed by atoms with E-state index in [9.17, 15) is 0 Å². The van der Waals surface area contributed by atoms with Crippen molar-refractivity contribution in [3.63, 3.8) is 0 Å². The van der Waals surface area contributed by atoms with Gasteiger partial charge in [-0.05, 0) is 54.5 Å². The van der Waals surface area contributed by atoms with Gasteiger partial charge in [-0.1, -0.05) is 49.4 Å². The molecule has 0 unspecified atom stereocenters. The van der Waals surface area contributed by atoms with Crippen LogP contribution in [0.25, 0.3) is 0 Å². The molecule has 2 aromatic rings. The van der Waals surface area contributed by atoms with Crippen molar-refractivity contribution in [2.75, 3.05) is 0 Å². The van der Waals surface area contributed by atoms with Gasteiger partial charge in [0, 0.05) is 0 Å². The third kappa shape index (κ3) is 2.58. The van der Waals surface area contributed by atoms with Gasteiger partial charge in [-0.3, -0.25) is 0 Å². The first kappa shape index (κ1) is 11.9. The van der Waals surface area contributed by atoms with Gasteiger partial charge in [0.15, 0.2) is 0 Å². The van der Waals surface area contributed by atoms with Crippen LogP contribution in [-0.2, 0) is 12.8 Å². The number of aryl methyl sites for hydroxylation is 2. The largest absolute Gasteiger partial charge is 0.0620 e. The van der Waals surface area contributed by atoms with E-state index in [0.717, 1.165) is 12.8 Å². The summed E-state index contributed by atoms with van der Waals surface area (Å²) in [4.78, 5) is 0. The Balaban J connectivity index is 2.37. The van der Waals surface area contributed by atoms with E-state index in [1.165, 1.54) is 27.8 Å². The van der Waals surface area contributed by atoms with Crippen LogP contribution < -0.4 is 0 Å². The Hall–Kier alpha value is -1.56. The van der Waals surface area contributed by atoms with Crippen molar-refractivity contribution in [2.24, 2.45) is 0 Å². The molecular weight excluding hydrogens is 204 g/mol. The lowest BCUT2D eigenvalue weighted by Crippen LogP contribution is -1.98. The minimum Gasteiger partial charge on any atom is -0.0620 e. The number of hydrogen-bond acceptors (Lipinski definition) is 0. The highest BCUT2D eigenvalue weighted by molar-refractivity contribution is 5.39. The first-order valence-corrected chi connectivity index (χ1v) is 6.34. The first-order chi connectivity index (χ1) is 8.22. The Kier molecular flexibility index (Phi) is 3.63. The summed E-state index contributed by atoms with van der Waals surface area (Å²) in [5.74, 6) is 0. The zero-order chi connectivity index (χ0) is 12.3. The fourth-order valence-corrected chi connectivity index (χ4v) is 2.45. The lowest BCUT2D eigenvalue weighted by Gasteiger charge is -2.12. The molecule has 0 radical (unpaired) electrons. The van der Waals surface area contributed by atoms with Gasteiger partial charge in [-0.25, -0.2) is 0 Å². The summed E-state index contributed by atoms with van der Waals surface area (Å²) in [6.45, 7) is 6.64. The van der Waals surface area contributed by atoms with Crippen molar-refractivity contribution < 1.29 is 0 Å². The molecule has 0 N–H and O–H groups in total. The molecule has 0 aliphatic heterocycles. The highest BCUT2D eigenvalue weighted by atomic mass is 14.1. The molecule has 0 heteroatoms. The Morgan fingerprint density at radius 3 is 2.12 bits per heavy atom. The molecule has 0 bridgehead atoms. The highest BCUT2D eigenvalue weighted by Crippen LogP contribution is 2.20. The van der Waals surface area contributed by atoms with Crippen LogP contribution in [0.15, 0.2) is 42.5 Å². The second-order valence-electron chi connectivity index (χ2n) is 4.67. The number of hydrogen-bond donors (Lipinski definition) is 0. The fourth-order valence-electron chi connectivity index (χ4n) is 2.45. The van der Waals surface area contributed by atoms with Gasteiger partial charge >= 0.3 is 0 Å². The molecule has 0 aromatic heterocycles. The van der Waals surface area contributed by atoms with E-state index in [0.29, 0.717) is 0 Å². The third-order valence-electron chi connectivity index (χ3n) is 3.50. The number of benzene rings is 2. The normalized spacial score (nSPS) is 10.5. The lowest BCUT2D eigenvalue weighted by molar-refractivity contribution is 1.03. The van der Waals surface area contributed by atoms with Gasteiger partial charge < -0.3 is 0 Å². The Labute approximate surface area is 104 Å². The van der Waals surface area contributed by atoms with Crippen LogP contribution in [0.4, 0.5) is 0 Å². The van der Waals surface area contributed by atoms with Gasteiger partial charge in [0.05, 0.1) is 0 Å². The summed E-state index contributed by atoms with van der Waals surface area (Å²) in [7, 11) is 0. The molecule has 17 heavy (non-hydrogen) atoms. The van der Waals surface area contributed by atoms with Crippen LogP contribution in [0, 0.1) is 13.8 Å². The van der Waals surface area contributed by atoms with E-state index >= 15 is 0 Å². The van der Waals surface area contributed by atoms with Crippen LogP contribution in [0.1, 0.15) is 34.7 Å². The molecule has 0 atom stereocenters. The van der Waals surface area contributed by atoms with E-state index in [1.54, 1.807) is 0 Å². The summed E-state index contributed by atoms with van der Waals surface area (Å²) < 4.78 is 0. The van der Waals surface area contributed by atoms with Crippen LogP contribution in [-0.4, -0.2) is 0 Å². The van der Waals surface area contributed by atoms with Gasteiger partial charge in [0.2, 0.25) is 0 Å². The summed E-state index contributed by atoms with van der Waals surface area (Å²) in [5.41, 5.74) is 7.22. The maximum absolute atomic E-state index is 2.26. The first-order valence-electron chi connectivity index (χ1n) is 6.34. The zero-order valence-corrected chi connectivity index (χ0v) is 11.0. The summed E-state index contributed by atoms with van der Waals surface area (Å²) in [6, 6.07) is 15.3. The van der Waals surface area contributed by atoms with Gasteiger partial charge in [0.1, 0.15) is 0 Å². The van der Waals surface area contributed by atoms with Crippen molar-refractivity contribution in [3.8, 4) is 0 Å². The molecule has 88 valence electrons. The average molecular weight is 224 g/mol. The van der Waals surface area contributed by atoms with Gasteiger partial charge in [0.25, 0.3) is 0 Å². The molecule has 2 rings (SSSR count). The van der Waals surface area contributed by atoms with E-state index in [4.69, 9.17) is 0 Å². The van der Waals surface area contributed by atoms with Crippen molar-refractivity contribution in [2.45, 2.75) is 33.6 Å².